The van der Waals surface area contributed by atoms with E-state index in [2.05, 4.69) is 10.2 Å². The Balaban J connectivity index is 2.40. The second kappa shape index (κ2) is 4.23. The molecule has 3 rings (SSSR count). The molecule has 2 aromatic heterocycles. The van der Waals surface area contributed by atoms with E-state index in [1.807, 2.05) is 0 Å². The summed E-state index contributed by atoms with van der Waals surface area (Å²) >= 11 is 6.38. The molecule has 112 valence electrons. The minimum absolute atomic E-state index is 0.0507. The summed E-state index contributed by atoms with van der Waals surface area (Å²) < 4.78 is 77.0. The number of aromatic nitrogens is 3. The van der Waals surface area contributed by atoms with Gasteiger partial charge in [0.2, 0.25) is 10.8 Å². The van der Waals surface area contributed by atoms with Crippen LogP contribution in [0, 0.1) is 0 Å². The lowest BCUT2D eigenvalue weighted by molar-refractivity contribution is -0.145. The molecule has 0 aliphatic carbocycles. The Morgan fingerprint density at radius 2 is 1.67 bits per heavy atom. The third-order valence-corrected chi connectivity index (χ3v) is 3.93. The fourth-order valence-electron chi connectivity index (χ4n) is 1.85. The largest absolute Gasteiger partial charge is 0.452 e. The summed E-state index contributed by atoms with van der Waals surface area (Å²) in [5.41, 5.74) is -1.23. The van der Waals surface area contributed by atoms with E-state index in [1.165, 1.54) is 0 Å². The van der Waals surface area contributed by atoms with Crippen molar-refractivity contribution in [2.24, 2.45) is 0 Å². The Hall–Kier alpha value is -1.55. The van der Waals surface area contributed by atoms with Gasteiger partial charge in [-0.15, -0.1) is 10.2 Å². The second-order valence-corrected chi connectivity index (χ2v) is 5.46. The zero-order valence-corrected chi connectivity index (χ0v) is 11.1. The molecule has 0 amide bonds. The van der Waals surface area contributed by atoms with Gasteiger partial charge in [-0.1, -0.05) is 22.9 Å². The van der Waals surface area contributed by atoms with Gasteiger partial charge in [0.15, 0.2) is 0 Å². The number of rotatable bonds is 0. The third-order valence-electron chi connectivity index (χ3n) is 2.67. The normalized spacial score (nSPS) is 13.5. The smallest absolute Gasteiger partial charge is 0.260 e. The molecule has 0 spiro atoms. The van der Waals surface area contributed by atoms with Crippen molar-refractivity contribution in [3.8, 4) is 0 Å². The molecule has 2 heterocycles. The van der Waals surface area contributed by atoms with Crippen molar-refractivity contribution in [1.29, 1.82) is 0 Å². The molecule has 0 N–H and O–H groups in total. The molecule has 0 saturated heterocycles. The number of halogens is 7. The molecular weight excluding hydrogens is 344 g/mol. The van der Waals surface area contributed by atoms with E-state index in [9.17, 15) is 26.3 Å². The highest BCUT2D eigenvalue weighted by Gasteiger charge is 2.39. The van der Waals surface area contributed by atoms with Gasteiger partial charge in [-0.25, -0.2) is 0 Å². The van der Waals surface area contributed by atoms with Gasteiger partial charge >= 0.3 is 12.4 Å². The van der Waals surface area contributed by atoms with E-state index in [0.29, 0.717) is 21.8 Å². The van der Waals surface area contributed by atoms with Gasteiger partial charge in [0.05, 0.1) is 20.8 Å². The fourth-order valence-corrected chi connectivity index (χ4v) is 3.24. The number of fused-ring (bicyclic) bond motifs is 3. The molecule has 0 aliphatic heterocycles. The Morgan fingerprint density at radius 1 is 1.00 bits per heavy atom. The van der Waals surface area contributed by atoms with Gasteiger partial charge in [0.25, 0.3) is 0 Å². The lowest BCUT2D eigenvalue weighted by atomic mass is 10.2. The summed E-state index contributed by atoms with van der Waals surface area (Å²) in [7, 11) is 0. The van der Waals surface area contributed by atoms with Gasteiger partial charge in [0, 0.05) is 0 Å². The predicted molar refractivity (Wildman–Crippen MR) is 63.4 cm³/mol. The summed E-state index contributed by atoms with van der Waals surface area (Å²) in [5, 5.41) is 5.89. The van der Waals surface area contributed by atoms with E-state index in [0.717, 1.165) is 6.07 Å². The van der Waals surface area contributed by atoms with Gasteiger partial charge in [-0.05, 0) is 12.1 Å². The first kappa shape index (κ1) is 14.4. The van der Waals surface area contributed by atoms with Crippen molar-refractivity contribution in [3.63, 3.8) is 0 Å². The van der Waals surface area contributed by atoms with Crippen molar-refractivity contribution in [1.82, 2.24) is 14.6 Å². The van der Waals surface area contributed by atoms with Gasteiger partial charge in [0.1, 0.15) is 0 Å². The average molecular weight is 346 g/mol. The first-order valence-corrected chi connectivity index (χ1v) is 6.40. The molecule has 0 saturated carbocycles. The minimum Gasteiger partial charge on any atom is -0.260 e. The van der Waals surface area contributed by atoms with Crippen molar-refractivity contribution >= 4 is 38.1 Å². The second-order valence-electron chi connectivity index (χ2n) is 4.04. The topological polar surface area (TPSA) is 30.2 Å². The highest BCUT2D eigenvalue weighted by Crippen LogP contribution is 2.40. The lowest BCUT2D eigenvalue weighted by Gasteiger charge is -2.08. The van der Waals surface area contributed by atoms with Gasteiger partial charge in [-0.2, -0.15) is 26.3 Å². The lowest BCUT2D eigenvalue weighted by Crippen LogP contribution is -2.11. The van der Waals surface area contributed by atoms with Crippen LogP contribution in [0.3, 0.4) is 0 Å². The highest BCUT2D eigenvalue weighted by atomic mass is 35.5. The number of alkyl halides is 6. The van der Waals surface area contributed by atoms with Crippen LogP contribution in [0.4, 0.5) is 26.3 Å². The van der Waals surface area contributed by atoms with Crippen LogP contribution in [-0.2, 0) is 12.4 Å². The molecule has 1 aromatic carbocycles. The highest BCUT2D eigenvalue weighted by molar-refractivity contribution is 7.23. The average Bonchev–Trinajstić information content (AvgIpc) is 2.83. The molecule has 3 aromatic rings. The summed E-state index contributed by atoms with van der Waals surface area (Å²) in [6.07, 6.45) is -9.44. The maximum Gasteiger partial charge on any atom is 0.452 e. The molecule has 0 aliphatic rings. The van der Waals surface area contributed by atoms with Crippen molar-refractivity contribution in [3.05, 3.63) is 28.5 Å². The van der Waals surface area contributed by atoms with Crippen LogP contribution in [0.25, 0.3) is 15.2 Å². The zero-order chi connectivity index (χ0) is 15.6. The molecule has 0 fully saturated rings. The van der Waals surface area contributed by atoms with E-state index in [4.69, 9.17) is 11.6 Å². The Morgan fingerprint density at radius 3 is 2.24 bits per heavy atom. The molecule has 0 unspecified atom stereocenters. The molecule has 3 nitrogen and oxygen atoms in total. The molecule has 0 radical (unpaired) electrons. The van der Waals surface area contributed by atoms with Crippen LogP contribution in [0.15, 0.2) is 12.1 Å². The fraction of sp³-hybridized carbons (Fsp3) is 0.200. The van der Waals surface area contributed by atoms with Crippen molar-refractivity contribution in [2.45, 2.75) is 12.4 Å². The molecule has 0 atom stereocenters. The van der Waals surface area contributed by atoms with Crippen LogP contribution in [-0.4, -0.2) is 14.6 Å². The summed E-state index contributed by atoms with van der Waals surface area (Å²) in [6, 6.07) is 1.32. The maximum atomic E-state index is 12.8. The third kappa shape index (κ3) is 2.22. The van der Waals surface area contributed by atoms with E-state index in [1.54, 1.807) is 0 Å². The first-order valence-electron chi connectivity index (χ1n) is 5.20. The van der Waals surface area contributed by atoms with Crippen molar-refractivity contribution in [2.75, 3.05) is 0 Å². The Labute approximate surface area is 120 Å². The van der Waals surface area contributed by atoms with E-state index >= 15 is 0 Å². The first-order chi connectivity index (χ1) is 9.59. The summed E-state index contributed by atoms with van der Waals surface area (Å²) in [4.78, 5) is -0.182. The van der Waals surface area contributed by atoms with Crippen LogP contribution in [0.1, 0.15) is 11.4 Å². The van der Waals surface area contributed by atoms with Crippen LogP contribution in [0.2, 0.25) is 5.02 Å². The van der Waals surface area contributed by atoms with Crippen LogP contribution in [0.5, 0.6) is 0 Å². The van der Waals surface area contributed by atoms with E-state index < -0.39 is 28.8 Å². The molecule has 0 bridgehead atoms. The predicted octanol–water partition coefficient (Wildman–Crippen LogP) is 4.64. The quantitative estimate of drug-likeness (QED) is 0.556. The monoisotopic (exact) mass is 345 g/mol. The van der Waals surface area contributed by atoms with Crippen molar-refractivity contribution < 1.29 is 26.3 Å². The SMILES string of the molecule is FC(F)(F)c1cc(Cl)c2c(c1)sc1nnc(C(F)(F)F)n12. The number of nitrogens with zero attached hydrogens (tertiary/aromatic N) is 3. The number of benzene rings is 1. The van der Waals surface area contributed by atoms with Crippen LogP contribution >= 0.6 is 22.9 Å². The molecule has 11 heteroatoms. The maximum absolute atomic E-state index is 12.8. The number of hydrogen-bond donors (Lipinski definition) is 0. The minimum atomic E-state index is -4.79. The van der Waals surface area contributed by atoms with Gasteiger partial charge < -0.3 is 0 Å². The Kier molecular flexibility index (Phi) is 2.90. The molecule has 21 heavy (non-hydrogen) atoms. The number of thiazole rings is 1. The Bertz CT molecular complexity index is 846. The zero-order valence-electron chi connectivity index (χ0n) is 9.55. The van der Waals surface area contributed by atoms with E-state index in [-0.39, 0.29) is 15.2 Å². The summed E-state index contributed by atoms with van der Waals surface area (Å²) in [6.45, 7) is 0. The number of hydrogen-bond acceptors (Lipinski definition) is 3. The molecular formula is C10H2ClF6N3S. The van der Waals surface area contributed by atoms with Crippen LogP contribution < -0.4 is 0 Å². The summed E-state index contributed by atoms with van der Waals surface area (Å²) in [5.74, 6) is -1.33. The standard InChI is InChI=1S/C10H2ClF6N3S/c11-4-1-3(9(12,13)14)2-5-6(4)20-7(10(15,16)17)18-19-8(20)21-5/h1-2H. The van der Waals surface area contributed by atoms with Gasteiger partial charge in [-0.3, -0.25) is 4.40 Å².